The van der Waals surface area contributed by atoms with Crippen molar-refractivity contribution in [3.8, 4) is 5.75 Å². The fourth-order valence-electron chi connectivity index (χ4n) is 1.65. The van der Waals surface area contributed by atoms with Gasteiger partial charge in [-0.1, -0.05) is 26.0 Å². The quantitative estimate of drug-likeness (QED) is 0.790. The van der Waals surface area contributed by atoms with E-state index in [0.717, 1.165) is 17.9 Å². The van der Waals surface area contributed by atoms with E-state index in [9.17, 15) is 0 Å². The summed E-state index contributed by atoms with van der Waals surface area (Å²) in [5.74, 6) is 1.38. The molecule has 0 radical (unpaired) electrons. The summed E-state index contributed by atoms with van der Waals surface area (Å²) in [6.07, 6.45) is 0.242. The van der Waals surface area contributed by atoms with Crippen LogP contribution in [-0.4, -0.2) is 26.8 Å². The van der Waals surface area contributed by atoms with Crippen molar-refractivity contribution in [3.63, 3.8) is 0 Å². The molecule has 0 aliphatic carbocycles. The second-order valence-corrected chi connectivity index (χ2v) is 4.50. The molecule has 0 amide bonds. The fourth-order valence-corrected chi connectivity index (χ4v) is 1.65. The molecule has 0 spiro atoms. The maximum atomic E-state index is 5.91. The van der Waals surface area contributed by atoms with Crippen molar-refractivity contribution < 1.29 is 9.47 Å². The van der Waals surface area contributed by atoms with Crippen molar-refractivity contribution in [1.29, 1.82) is 0 Å². The van der Waals surface area contributed by atoms with E-state index in [-0.39, 0.29) is 6.10 Å². The Hall–Kier alpha value is -1.06. The molecule has 96 valence electrons. The van der Waals surface area contributed by atoms with Crippen molar-refractivity contribution in [2.75, 3.05) is 20.7 Å². The summed E-state index contributed by atoms with van der Waals surface area (Å²) < 4.78 is 11.1. The summed E-state index contributed by atoms with van der Waals surface area (Å²) in [4.78, 5) is 0. The summed E-state index contributed by atoms with van der Waals surface area (Å²) in [7, 11) is 3.63. The van der Waals surface area contributed by atoms with Gasteiger partial charge in [0.1, 0.15) is 5.75 Å². The van der Waals surface area contributed by atoms with E-state index < -0.39 is 0 Å². The second-order valence-electron chi connectivity index (χ2n) is 4.50. The first kappa shape index (κ1) is 14.0. The fraction of sp³-hybridized carbons (Fsp3) is 0.571. The van der Waals surface area contributed by atoms with Gasteiger partial charge in [-0.05, 0) is 30.7 Å². The minimum Gasteiger partial charge on any atom is -0.497 e. The van der Waals surface area contributed by atoms with Crippen LogP contribution < -0.4 is 10.1 Å². The third kappa shape index (κ3) is 4.75. The zero-order valence-electron chi connectivity index (χ0n) is 11.2. The number of benzene rings is 1. The molecule has 3 nitrogen and oxygen atoms in total. The van der Waals surface area contributed by atoms with E-state index in [0.29, 0.717) is 12.5 Å². The number of hydrogen-bond acceptors (Lipinski definition) is 3. The van der Waals surface area contributed by atoms with Gasteiger partial charge in [-0.15, -0.1) is 0 Å². The van der Waals surface area contributed by atoms with Crippen LogP contribution in [-0.2, 0) is 11.3 Å². The van der Waals surface area contributed by atoms with E-state index in [2.05, 4.69) is 25.2 Å². The van der Waals surface area contributed by atoms with Crippen LogP contribution in [0.15, 0.2) is 24.3 Å². The maximum absolute atomic E-state index is 5.91. The van der Waals surface area contributed by atoms with Gasteiger partial charge < -0.3 is 14.8 Å². The van der Waals surface area contributed by atoms with Crippen LogP contribution in [0.1, 0.15) is 19.4 Å². The molecule has 1 aromatic rings. The van der Waals surface area contributed by atoms with Gasteiger partial charge in [0.2, 0.25) is 0 Å². The number of rotatable bonds is 7. The monoisotopic (exact) mass is 237 g/mol. The molecule has 0 heterocycles. The first-order valence-corrected chi connectivity index (χ1v) is 6.06. The maximum Gasteiger partial charge on any atom is 0.119 e. The molecule has 0 aliphatic heterocycles. The highest BCUT2D eigenvalue weighted by molar-refractivity contribution is 5.27. The predicted octanol–water partition coefficient (Wildman–Crippen LogP) is 2.46. The molecule has 1 unspecified atom stereocenters. The average Bonchev–Trinajstić information content (AvgIpc) is 2.34. The highest BCUT2D eigenvalue weighted by Gasteiger charge is 2.12. The van der Waals surface area contributed by atoms with Crippen molar-refractivity contribution in [1.82, 2.24) is 5.32 Å². The van der Waals surface area contributed by atoms with Gasteiger partial charge in [0.15, 0.2) is 0 Å². The molecule has 17 heavy (non-hydrogen) atoms. The van der Waals surface area contributed by atoms with Crippen molar-refractivity contribution in [3.05, 3.63) is 29.8 Å². The number of methoxy groups -OCH3 is 1. The molecule has 0 aliphatic rings. The lowest BCUT2D eigenvalue weighted by Gasteiger charge is -2.21. The lowest BCUT2D eigenvalue weighted by molar-refractivity contribution is 0.0124. The van der Waals surface area contributed by atoms with Crippen LogP contribution in [0.4, 0.5) is 0 Å². The molecule has 3 heteroatoms. The Bertz CT molecular complexity index is 326. The van der Waals surface area contributed by atoms with Crippen molar-refractivity contribution in [2.24, 2.45) is 5.92 Å². The standard InChI is InChI=1S/C14H23NO2/c1-11(2)14(9-15-3)17-10-12-6-5-7-13(8-12)16-4/h5-8,11,14-15H,9-10H2,1-4H3. The van der Waals surface area contributed by atoms with Gasteiger partial charge in [0.25, 0.3) is 0 Å². The highest BCUT2D eigenvalue weighted by atomic mass is 16.5. The van der Waals surface area contributed by atoms with Gasteiger partial charge in [-0.3, -0.25) is 0 Å². The highest BCUT2D eigenvalue weighted by Crippen LogP contribution is 2.15. The molecule has 1 aromatic carbocycles. The first-order chi connectivity index (χ1) is 8.17. The zero-order chi connectivity index (χ0) is 12.7. The summed E-state index contributed by atoms with van der Waals surface area (Å²) in [5.41, 5.74) is 1.14. The average molecular weight is 237 g/mol. The number of nitrogens with one attached hydrogen (secondary N) is 1. The second kappa shape index (κ2) is 7.30. The molecule has 0 bridgehead atoms. The van der Waals surface area contributed by atoms with Crippen LogP contribution in [0.2, 0.25) is 0 Å². The Morgan fingerprint density at radius 1 is 1.29 bits per heavy atom. The van der Waals surface area contributed by atoms with E-state index in [1.54, 1.807) is 7.11 Å². The molecule has 0 fully saturated rings. The summed E-state index contributed by atoms with van der Waals surface area (Å²) in [6.45, 7) is 5.85. The molecular weight excluding hydrogens is 214 g/mol. The molecule has 1 atom stereocenters. The SMILES string of the molecule is CNCC(OCc1cccc(OC)c1)C(C)C. The molecule has 0 saturated carbocycles. The van der Waals surface area contributed by atoms with Crippen LogP contribution in [0.5, 0.6) is 5.75 Å². The first-order valence-electron chi connectivity index (χ1n) is 6.06. The largest absolute Gasteiger partial charge is 0.497 e. The summed E-state index contributed by atoms with van der Waals surface area (Å²) >= 11 is 0. The van der Waals surface area contributed by atoms with Crippen LogP contribution in [0.3, 0.4) is 0 Å². The van der Waals surface area contributed by atoms with E-state index in [1.165, 1.54) is 0 Å². The third-order valence-electron chi connectivity index (χ3n) is 2.75. The topological polar surface area (TPSA) is 30.5 Å². The Morgan fingerprint density at radius 2 is 2.06 bits per heavy atom. The van der Waals surface area contributed by atoms with Gasteiger partial charge in [0, 0.05) is 6.54 Å². The van der Waals surface area contributed by atoms with E-state index in [1.807, 2.05) is 25.2 Å². The normalized spacial score (nSPS) is 12.8. The third-order valence-corrected chi connectivity index (χ3v) is 2.75. The van der Waals surface area contributed by atoms with Crippen LogP contribution in [0, 0.1) is 5.92 Å². The Kier molecular flexibility index (Phi) is 6.01. The lowest BCUT2D eigenvalue weighted by Crippen LogP contribution is -2.31. The summed E-state index contributed by atoms with van der Waals surface area (Å²) in [6, 6.07) is 7.99. The van der Waals surface area contributed by atoms with Gasteiger partial charge in [0.05, 0.1) is 19.8 Å². The molecule has 1 rings (SSSR count). The number of ether oxygens (including phenoxy) is 2. The lowest BCUT2D eigenvalue weighted by atomic mass is 10.1. The number of likely N-dealkylation sites (N-methyl/N-ethyl adjacent to an activating group) is 1. The molecular formula is C14H23NO2. The number of hydrogen-bond donors (Lipinski definition) is 1. The molecule has 0 saturated heterocycles. The van der Waals surface area contributed by atoms with E-state index >= 15 is 0 Å². The smallest absolute Gasteiger partial charge is 0.119 e. The molecule has 1 N–H and O–H groups in total. The van der Waals surface area contributed by atoms with Crippen LogP contribution >= 0.6 is 0 Å². The summed E-state index contributed by atoms with van der Waals surface area (Å²) in [5, 5.41) is 3.16. The van der Waals surface area contributed by atoms with Crippen molar-refractivity contribution >= 4 is 0 Å². The Morgan fingerprint density at radius 3 is 2.65 bits per heavy atom. The van der Waals surface area contributed by atoms with Crippen LogP contribution in [0.25, 0.3) is 0 Å². The molecule has 0 aromatic heterocycles. The van der Waals surface area contributed by atoms with Gasteiger partial charge in [-0.2, -0.15) is 0 Å². The van der Waals surface area contributed by atoms with E-state index in [4.69, 9.17) is 9.47 Å². The Labute approximate surface area is 104 Å². The van der Waals surface area contributed by atoms with Crippen molar-refractivity contribution in [2.45, 2.75) is 26.6 Å². The van der Waals surface area contributed by atoms with Gasteiger partial charge in [-0.25, -0.2) is 0 Å². The predicted molar refractivity (Wildman–Crippen MR) is 70.3 cm³/mol. The minimum atomic E-state index is 0.242. The van der Waals surface area contributed by atoms with Gasteiger partial charge >= 0.3 is 0 Å². The zero-order valence-corrected chi connectivity index (χ0v) is 11.2. The Balaban J connectivity index is 2.52. The minimum absolute atomic E-state index is 0.242.